The molecule has 3 heterocycles. The zero-order valence-electron chi connectivity index (χ0n) is 15.9. The Bertz CT molecular complexity index is 666. The lowest BCUT2D eigenvalue weighted by atomic mass is 9.83. The normalized spacial score (nSPS) is 21.8. The molecule has 1 fully saturated rings. The van der Waals surface area contributed by atoms with E-state index in [9.17, 15) is 0 Å². The van der Waals surface area contributed by atoms with Gasteiger partial charge >= 0.3 is 0 Å². The summed E-state index contributed by atoms with van der Waals surface area (Å²) in [5, 5.41) is 2.18. The summed E-state index contributed by atoms with van der Waals surface area (Å²) in [4.78, 5) is 8.60. The van der Waals surface area contributed by atoms with Crippen LogP contribution in [0.25, 0.3) is 0 Å². The van der Waals surface area contributed by atoms with Crippen molar-refractivity contribution in [1.29, 1.82) is 0 Å². The Morgan fingerprint density at radius 3 is 2.80 bits per heavy atom. The standard InChI is InChI=1S/C21H30N2OS/c1-5-24-16-21(13-19-7-6-12-25-19)10-11-23(15-21)20(3,4)18-9-8-17(2)22-14-18/h6-9,12,14H,5,10-11,13,15-16H2,1-4H3/t21-/m0/s1. The number of rotatable bonds is 7. The molecule has 1 aliphatic rings. The predicted octanol–water partition coefficient (Wildman–Crippen LogP) is 4.66. The topological polar surface area (TPSA) is 25.4 Å². The van der Waals surface area contributed by atoms with Crippen LogP contribution in [0.3, 0.4) is 0 Å². The van der Waals surface area contributed by atoms with E-state index in [0.29, 0.717) is 0 Å². The quantitative estimate of drug-likeness (QED) is 0.720. The minimum absolute atomic E-state index is 0.00981. The third kappa shape index (κ3) is 4.13. The van der Waals surface area contributed by atoms with E-state index in [4.69, 9.17) is 4.74 Å². The maximum absolute atomic E-state index is 5.92. The molecular weight excluding hydrogens is 328 g/mol. The first-order valence-corrected chi connectivity index (χ1v) is 10.1. The van der Waals surface area contributed by atoms with Gasteiger partial charge in [0.2, 0.25) is 0 Å². The van der Waals surface area contributed by atoms with Gasteiger partial charge in [0.05, 0.1) is 6.61 Å². The van der Waals surface area contributed by atoms with Crippen LogP contribution in [-0.4, -0.2) is 36.2 Å². The number of ether oxygens (including phenoxy) is 1. The van der Waals surface area contributed by atoms with E-state index >= 15 is 0 Å². The lowest BCUT2D eigenvalue weighted by Gasteiger charge is -2.38. The van der Waals surface area contributed by atoms with Gasteiger partial charge in [-0.25, -0.2) is 0 Å². The van der Waals surface area contributed by atoms with Gasteiger partial charge in [0.1, 0.15) is 0 Å². The Morgan fingerprint density at radius 2 is 2.16 bits per heavy atom. The molecule has 3 nitrogen and oxygen atoms in total. The summed E-state index contributed by atoms with van der Waals surface area (Å²) in [6.45, 7) is 12.6. The second-order valence-electron chi connectivity index (χ2n) is 7.81. The van der Waals surface area contributed by atoms with Gasteiger partial charge in [0, 0.05) is 40.9 Å². The van der Waals surface area contributed by atoms with Crippen molar-refractivity contribution in [3.63, 3.8) is 0 Å². The van der Waals surface area contributed by atoms with Gasteiger partial charge in [0.15, 0.2) is 0 Å². The second-order valence-corrected chi connectivity index (χ2v) is 8.84. The fourth-order valence-corrected chi connectivity index (χ4v) is 4.72. The molecule has 136 valence electrons. The molecule has 2 aromatic rings. The van der Waals surface area contributed by atoms with E-state index < -0.39 is 0 Å². The van der Waals surface area contributed by atoms with Crippen LogP contribution in [0, 0.1) is 12.3 Å². The molecule has 1 atom stereocenters. The van der Waals surface area contributed by atoms with E-state index in [2.05, 4.69) is 60.3 Å². The van der Waals surface area contributed by atoms with Crippen molar-refractivity contribution >= 4 is 11.3 Å². The molecule has 0 saturated carbocycles. The van der Waals surface area contributed by atoms with Crippen LogP contribution in [0.4, 0.5) is 0 Å². The van der Waals surface area contributed by atoms with Crippen molar-refractivity contribution in [2.75, 3.05) is 26.3 Å². The average Bonchev–Trinajstić information content (AvgIpc) is 3.24. The molecule has 0 spiro atoms. The van der Waals surface area contributed by atoms with Crippen LogP contribution in [0.1, 0.15) is 43.3 Å². The van der Waals surface area contributed by atoms with Crippen molar-refractivity contribution < 1.29 is 4.74 Å². The summed E-state index contributed by atoms with van der Waals surface area (Å²) in [7, 11) is 0. The van der Waals surface area contributed by atoms with E-state index in [-0.39, 0.29) is 11.0 Å². The molecule has 0 aliphatic carbocycles. The number of nitrogens with zero attached hydrogens (tertiary/aromatic N) is 2. The highest BCUT2D eigenvalue weighted by atomic mass is 32.1. The van der Waals surface area contributed by atoms with E-state index in [0.717, 1.165) is 38.4 Å². The summed E-state index contributed by atoms with van der Waals surface area (Å²) in [6, 6.07) is 8.76. The van der Waals surface area contributed by atoms with Crippen LogP contribution in [0.5, 0.6) is 0 Å². The van der Waals surface area contributed by atoms with E-state index in [1.165, 1.54) is 16.9 Å². The molecular formula is C21H30N2OS. The summed E-state index contributed by atoms with van der Waals surface area (Å²) in [5.41, 5.74) is 2.58. The third-order valence-corrected chi connectivity index (χ3v) is 6.46. The number of thiophene rings is 1. The van der Waals surface area contributed by atoms with E-state index in [1.54, 1.807) is 0 Å². The number of hydrogen-bond donors (Lipinski definition) is 0. The number of aromatic nitrogens is 1. The monoisotopic (exact) mass is 358 g/mol. The molecule has 4 heteroatoms. The SMILES string of the molecule is CCOC[C@]1(Cc2cccs2)CCN(C(C)(C)c2ccc(C)nc2)C1. The minimum Gasteiger partial charge on any atom is -0.381 e. The van der Waals surface area contributed by atoms with Gasteiger partial charge < -0.3 is 4.74 Å². The van der Waals surface area contributed by atoms with Gasteiger partial charge in [-0.15, -0.1) is 11.3 Å². The zero-order chi connectivity index (χ0) is 17.9. The molecule has 1 saturated heterocycles. The maximum atomic E-state index is 5.92. The first-order chi connectivity index (χ1) is 12.0. The lowest BCUT2D eigenvalue weighted by molar-refractivity contribution is 0.0437. The molecule has 3 rings (SSSR count). The Labute approximate surface area is 156 Å². The molecule has 0 amide bonds. The summed E-state index contributed by atoms with van der Waals surface area (Å²) < 4.78 is 5.92. The van der Waals surface area contributed by atoms with E-state index in [1.807, 2.05) is 24.5 Å². The van der Waals surface area contributed by atoms with Crippen molar-refractivity contribution in [3.05, 3.63) is 52.0 Å². The second kappa shape index (κ2) is 7.56. The van der Waals surface area contributed by atoms with Crippen LogP contribution >= 0.6 is 11.3 Å². The maximum Gasteiger partial charge on any atom is 0.0538 e. The van der Waals surface area contributed by atoms with Gasteiger partial charge in [-0.3, -0.25) is 9.88 Å². The van der Waals surface area contributed by atoms with Crippen LogP contribution < -0.4 is 0 Å². The first-order valence-electron chi connectivity index (χ1n) is 9.23. The Kier molecular flexibility index (Phi) is 5.62. The van der Waals surface area contributed by atoms with Crippen molar-refractivity contribution in [1.82, 2.24) is 9.88 Å². The molecule has 1 aliphatic heterocycles. The Hall–Kier alpha value is -1.23. The van der Waals surface area contributed by atoms with Gasteiger partial charge in [0.25, 0.3) is 0 Å². The predicted molar refractivity (Wildman–Crippen MR) is 105 cm³/mol. The molecule has 0 bridgehead atoms. The van der Waals surface area contributed by atoms with Crippen molar-refractivity contribution in [3.8, 4) is 0 Å². The molecule has 2 aromatic heterocycles. The molecule has 0 aromatic carbocycles. The number of aryl methyl sites for hydroxylation is 1. The van der Waals surface area contributed by atoms with Crippen LogP contribution in [-0.2, 0) is 16.7 Å². The third-order valence-electron chi connectivity index (χ3n) is 5.59. The molecule has 0 radical (unpaired) electrons. The van der Waals surface area contributed by atoms with Gasteiger partial charge in [-0.1, -0.05) is 12.1 Å². The molecule has 25 heavy (non-hydrogen) atoms. The van der Waals surface area contributed by atoms with Crippen LogP contribution in [0.15, 0.2) is 35.8 Å². The largest absolute Gasteiger partial charge is 0.381 e. The van der Waals surface area contributed by atoms with Crippen molar-refractivity contribution in [2.45, 2.75) is 46.1 Å². The van der Waals surface area contributed by atoms with Gasteiger partial charge in [-0.05, 0) is 70.2 Å². The highest BCUT2D eigenvalue weighted by Crippen LogP contribution is 2.41. The number of hydrogen-bond acceptors (Lipinski definition) is 4. The molecule has 0 unspecified atom stereocenters. The summed E-state index contributed by atoms with van der Waals surface area (Å²) in [6.07, 6.45) is 4.34. The summed E-state index contributed by atoms with van der Waals surface area (Å²) in [5.74, 6) is 0. The molecule has 0 N–H and O–H groups in total. The number of pyridine rings is 1. The zero-order valence-corrected chi connectivity index (χ0v) is 16.7. The fourth-order valence-electron chi connectivity index (χ4n) is 3.84. The smallest absolute Gasteiger partial charge is 0.0538 e. The Morgan fingerprint density at radius 1 is 1.32 bits per heavy atom. The van der Waals surface area contributed by atoms with Gasteiger partial charge in [-0.2, -0.15) is 0 Å². The highest BCUT2D eigenvalue weighted by Gasteiger charge is 2.44. The lowest BCUT2D eigenvalue weighted by Crippen LogP contribution is -2.42. The van der Waals surface area contributed by atoms with Crippen molar-refractivity contribution in [2.24, 2.45) is 5.41 Å². The highest BCUT2D eigenvalue weighted by molar-refractivity contribution is 7.09. The van der Waals surface area contributed by atoms with Crippen LogP contribution in [0.2, 0.25) is 0 Å². The number of likely N-dealkylation sites (tertiary alicyclic amines) is 1. The fraction of sp³-hybridized carbons (Fsp3) is 0.571. The first kappa shape index (κ1) is 18.6. The minimum atomic E-state index is -0.00981. The Balaban J connectivity index is 1.79. The summed E-state index contributed by atoms with van der Waals surface area (Å²) >= 11 is 1.86. The average molecular weight is 359 g/mol.